The molecule has 0 aromatic heterocycles. The van der Waals surface area contributed by atoms with Crippen LogP contribution in [0.1, 0.15) is 30.1 Å². The van der Waals surface area contributed by atoms with Gasteiger partial charge in [-0.15, -0.1) is 0 Å². The Bertz CT molecular complexity index is 953. The summed E-state index contributed by atoms with van der Waals surface area (Å²) in [5.41, 5.74) is 1.70. The highest BCUT2D eigenvalue weighted by molar-refractivity contribution is 6.05. The molecule has 1 aliphatic heterocycles. The van der Waals surface area contributed by atoms with Crippen LogP contribution in [0.5, 0.6) is 5.75 Å². The van der Waals surface area contributed by atoms with Gasteiger partial charge in [-0.25, -0.2) is 0 Å². The van der Waals surface area contributed by atoms with E-state index in [0.717, 1.165) is 25.9 Å². The summed E-state index contributed by atoms with van der Waals surface area (Å²) in [5, 5.41) is 5.71. The third-order valence-corrected chi connectivity index (χ3v) is 5.75. The number of methoxy groups -OCH3 is 1. The molecule has 0 bridgehead atoms. The number of ether oxygens (including phenoxy) is 1. The van der Waals surface area contributed by atoms with Crippen molar-refractivity contribution in [3.05, 3.63) is 54.1 Å². The summed E-state index contributed by atoms with van der Waals surface area (Å²) >= 11 is 0. The number of nitrogens with zero attached hydrogens (tertiary/aromatic N) is 2. The van der Waals surface area contributed by atoms with Crippen LogP contribution in [0.2, 0.25) is 0 Å². The lowest BCUT2D eigenvalue weighted by atomic mass is 10.0. The van der Waals surface area contributed by atoms with Crippen LogP contribution in [0.3, 0.4) is 0 Å². The Morgan fingerprint density at radius 3 is 2.31 bits per heavy atom. The molecule has 0 atom stereocenters. The van der Waals surface area contributed by atoms with Gasteiger partial charge in [0.2, 0.25) is 11.8 Å². The predicted molar refractivity (Wildman–Crippen MR) is 124 cm³/mol. The minimum atomic E-state index is -0.259. The fraction of sp³-hybridized carbons (Fsp3) is 0.375. The number of para-hydroxylation sites is 2. The number of hydrogen-bond donors (Lipinski definition) is 2. The molecule has 0 radical (unpaired) electrons. The van der Waals surface area contributed by atoms with Gasteiger partial charge < -0.3 is 20.3 Å². The summed E-state index contributed by atoms with van der Waals surface area (Å²) in [6.07, 6.45) is 1.72. The van der Waals surface area contributed by atoms with E-state index in [4.69, 9.17) is 4.74 Å². The zero-order valence-electron chi connectivity index (χ0n) is 18.8. The quantitative estimate of drug-likeness (QED) is 0.694. The van der Waals surface area contributed by atoms with Crippen LogP contribution >= 0.6 is 0 Å². The number of amides is 3. The van der Waals surface area contributed by atoms with E-state index in [0.29, 0.717) is 29.2 Å². The van der Waals surface area contributed by atoms with Crippen LogP contribution in [0, 0.1) is 0 Å². The molecule has 3 rings (SSSR count). The van der Waals surface area contributed by atoms with Gasteiger partial charge in [0.05, 0.1) is 19.3 Å². The Morgan fingerprint density at radius 2 is 1.69 bits per heavy atom. The molecule has 1 fully saturated rings. The summed E-state index contributed by atoms with van der Waals surface area (Å²) in [6.45, 7) is 3.43. The maximum absolute atomic E-state index is 12.5. The van der Waals surface area contributed by atoms with E-state index >= 15 is 0 Å². The second-order valence-corrected chi connectivity index (χ2v) is 7.92. The Hall–Kier alpha value is -3.39. The Labute approximate surface area is 188 Å². The zero-order valence-corrected chi connectivity index (χ0v) is 18.8. The number of carbonyl (C=O) groups is 3. The first-order valence-corrected chi connectivity index (χ1v) is 10.7. The van der Waals surface area contributed by atoms with Crippen molar-refractivity contribution in [3.8, 4) is 5.75 Å². The first kappa shape index (κ1) is 23.3. The molecule has 8 heteroatoms. The zero-order chi connectivity index (χ0) is 23.1. The normalized spacial score (nSPS) is 14.5. The number of nitrogens with one attached hydrogen (secondary N) is 2. The van der Waals surface area contributed by atoms with Gasteiger partial charge in [0.25, 0.3) is 5.91 Å². The van der Waals surface area contributed by atoms with Gasteiger partial charge >= 0.3 is 0 Å². The molecular weight excluding hydrogens is 408 g/mol. The summed E-state index contributed by atoms with van der Waals surface area (Å²) in [5.74, 6) is 0.295. The third-order valence-electron chi connectivity index (χ3n) is 5.75. The highest BCUT2D eigenvalue weighted by Gasteiger charge is 2.24. The van der Waals surface area contributed by atoms with Gasteiger partial charge in [0.15, 0.2) is 0 Å². The van der Waals surface area contributed by atoms with Crippen molar-refractivity contribution in [1.82, 2.24) is 9.80 Å². The summed E-state index contributed by atoms with van der Waals surface area (Å²) in [4.78, 5) is 40.3. The minimum absolute atomic E-state index is 0.0706. The van der Waals surface area contributed by atoms with E-state index in [9.17, 15) is 14.4 Å². The number of carbonyl (C=O) groups excluding carboxylic acids is 3. The molecule has 1 heterocycles. The third kappa shape index (κ3) is 6.07. The molecule has 0 aliphatic carbocycles. The van der Waals surface area contributed by atoms with Crippen molar-refractivity contribution in [2.45, 2.75) is 25.8 Å². The summed E-state index contributed by atoms with van der Waals surface area (Å²) in [6, 6.07) is 14.2. The molecule has 1 aliphatic rings. The predicted octanol–water partition coefficient (Wildman–Crippen LogP) is 2.83. The maximum atomic E-state index is 12.5. The summed E-state index contributed by atoms with van der Waals surface area (Å²) in [7, 11) is 3.38. The lowest BCUT2D eigenvalue weighted by Crippen LogP contribution is -2.46. The molecule has 0 unspecified atom stereocenters. The molecular formula is C24H30N4O4. The van der Waals surface area contributed by atoms with Gasteiger partial charge in [-0.2, -0.15) is 0 Å². The van der Waals surface area contributed by atoms with E-state index in [1.165, 1.54) is 0 Å². The van der Waals surface area contributed by atoms with E-state index < -0.39 is 0 Å². The highest BCUT2D eigenvalue weighted by atomic mass is 16.5. The van der Waals surface area contributed by atoms with Gasteiger partial charge in [0.1, 0.15) is 5.75 Å². The monoisotopic (exact) mass is 438 g/mol. The van der Waals surface area contributed by atoms with E-state index in [1.807, 2.05) is 19.2 Å². The number of rotatable bonds is 7. The van der Waals surface area contributed by atoms with E-state index in [-0.39, 0.29) is 23.8 Å². The molecule has 2 N–H and O–H groups in total. The van der Waals surface area contributed by atoms with Crippen molar-refractivity contribution in [2.75, 3.05) is 44.4 Å². The molecule has 2 aromatic carbocycles. The van der Waals surface area contributed by atoms with Gasteiger partial charge in [-0.1, -0.05) is 12.1 Å². The minimum Gasteiger partial charge on any atom is -0.495 e. The second kappa shape index (κ2) is 10.8. The number of piperidine rings is 1. The standard InChI is InChI=1S/C24H30N4O4/c1-17(29)27(2)20-12-14-28(15-13-20)16-23(30)25-19-10-8-18(9-11-19)24(31)26-21-6-4-5-7-22(21)32-3/h4-11,20H,12-16H2,1-3H3,(H,25,30)(H,26,31). The lowest BCUT2D eigenvalue weighted by molar-refractivity contribution is -0.130. The van der Waals surface area contributed by atoms with Gasteiger partial charge in [0, 0.05) is 44.4 Å². The number of anilines is 2. The van der Waals surface area contributed by atoms with Crippen LogP contribution in [0.25, 0.3) is 0 Å². The topological polar surface area (TPSA) is 91.0 Å². The number of hydrogen-bond acceptors (Lipinski definition) is 5. The van der Waals surface area contributed by atoms with Crippen molar-refractivity contribution in [2.24, 2.45) is 0 Å². The van der Waals surface area contributed by atoms with Crippen molar-refractivity contribution < 1.29 is 19.1 Å². The van der Waals surface area contributed by atoms with Crippen molar-refractivity contribution >= 4 is 29.1 Å². The molecule has 0 spiro atoms. The molecule has 2 aromatic rings. The van der Waals surface area contributed by atoms with Crippen LogP contribution in [0.15, 0.2) is 48.5 Å². The lowest BCUT2D eigenvalue weighted by Gasteiger charge is -2.36. The molecule has 0 saturated carbocycles. The van der Waals surface area contributed by atoms with Crippen LogP contribution in [0.4, 0.5) is 11.4 Å². The largest absolute Gasteiger partial charge is 0.495 e. The first-order chi connectivity index (χ1) is 15.4. The van der Waals surface area contributed by atoms with E-state index in [1.54, 1.807) is 55.3 Å². The average Bonchev–Trinajstić information content (AvgIpc) is 2.79. The highest BCUT2D eigenvalue weighted by Crippen LogP contribution is 2.24. The van der Waals surface area contributed by atoms with Gasteiger partial charge in [-0.05, 0) is 49.2 Å². The fourth-order valence-electron chi connectivity index (χ4n) is 3.77. The SMILES string of the molecule is COc1ccccc1NC(=O)c1ccc(NC(=O)CN2CCC(N(C)C(C)=O)CC2)cc1. The Morgan fingerprint density at radius 1 is 1.03 bits per heavy atom. The molecule has 170 valence electrons. The van der Waals surface area contributed by atoms with Crippen LogP contribution in [-0.4, -0.2) is 67.4 Å². The average molecular weight is 439 g/mol. The van der Waals surface area contributed by atoms with Crippen molar-refractivity contribution in [3.63, 3.8) is 0 Å². The number of benzene rings is 2. The Balaban J connectivity index is 1.48. The van der Waals surface area contributed by atoms with Crippen molar-refractivity contribution in [1.29, 1.82) is 0 Å². The van der Waals surface area contributed by atoms with Gasteiger partial charge in [-0.3, -0.25) is 19.3 Å². The first-order valence-electron chi connectivity index (χ1n) is 10.7. The molecule has 3 amide bonds. The Kier molecular flexibility index (Phi) is 7.83. The van der Waals surface area contributed by atoms with Crippen LogP contribution in [-0.2, 0) is 9.59 Å². The fourth-order valence-corrected chi connectivity index (χ4v) is 3.77. The van der Waals surface area contributed by atoms with Crippen LogP contribution < -0.4 is 15.4 Å². The maximum Gasteiger partial charge on any atom is 0.255 e. The molecule has 1 saturated heterocycles. The molecule has 8 nitrogen and oxygen atoms in total. The molecule has 32 heavy (non-hydrogen) atoms. The van der Waals surface area contributed by atoms with E-state index in [2.05, 4.69) is 15.5 Å². The summed E-state index contributed by atoms with van der Waals surface area (Å²) < 4.78 is 5.25. The second-order valence-electron chi connectivity index (χ2n) is 7.92. The smallest absolute Gasteiger partial charge is 0.255 e. The number of likely N-dealkylation sites (tertiary alicyclic amines) is 1.